The molecule has 3 rings (SSSR count). The molecule has 6 heteroatoms. The van der Waals surface area contributed by atoms with Crippen LogP contribution in [0.5, 0.6) is 11.5 Å². The Kier molecular flexibility index (Phi) is 4.46. The van der Waals surface area contributed by atoms with Crippen molar-refractivity contribution in [1.29, 1.82) is 0 Å². The van der Waals surface area contributed by atoms with E-state index in [1.807, 2.05) is 4.90 Å². The van der Waals surface area contributed by atoms with Gasteiger partial charge in [0, 0.05) is 31.7 Å². The Labute approximate surface area is 140 Å². The summed E-state index contributed by atoms with van der Waals surface area (Å²) in [6.45, 7) is 1.52. The Morgan fingerprint density at radius 1 is 1.00 bits per heavy atom. The summed E-state index contributed by atoms with van der Waals surface area (Å²) in [6, 6.07) is 3.36. The molecule has 1 saturated heterocycles. The summed E-state index contributed by atoms with van der Waals surface area (Å²) in [5.74, 6) is 0.943. The molecule has 1 aliphatic rings. The van der Waals surface area contributed by atoms with Crippen molar-refractivity contribution in [3.63, 3.8) is 0 Å². The second kappa shape index (κ2) is 6.55. The topological polar surface area (TPSA) is 60.8 Å². The van der Waals surface area contributed by atoms with Crippen LogP contribution in [0, 0.1) is 0 Å². The number of pyridine rings is 1. The zero-order valence-corrected chi connectivity index (χ0v) is 14.3. The second-order valence-corrected chi connectivity index (χ2v) is 6.06. The molecule has 0 spiro atoms. The first-order chi connectivity index (χ1) is 11.6. The number of aromatic nitrogens is 1. The quantitative estimate of drug-likeness (QED) is 0.865. The molecule has 1 aromatic carbocycles. The maximum Gasteiger partial charge on any atom is 0.258 e. The first-order valence-electron chi connectivity index (χ1n) is 8.11. The molecule has 128 valence electrons. The molecule has 0 aliphatic carbocycles. The fourth-order valence-corrected chi connectivity index (χ4v) is 3.23. The van der Waals surface area contributed by atoms with Gasteiger partial charge < -0.3 is 18.9 Å². The van der Waals surface area contributed by atoms with Crippen molar-refractivity contribution in [1.82, 2.24) is 9.47 Å². The lowest BCUT2D eigenvalue weighted by Gasteiger charge is -2.27. The summed E-state index contributed by atoms with van der Waals surface area (Å²) in [7, 11) is 4.72. The number of amides is 1. The number of carbonyl (C=O) groups excluding carboxylic acids is 1. The van der Waals surface area contributed by atoms with E-state index >= 15 is 0 Å². The van der Waals surface area contributed by atoms with Crippen molar-refractivity contribution in [3.05, 3.63) is 34.2 Å². The number of rotatable bonds is 3. The zero-order valence-electron chi connectivity index (χ0n) is 14.3. The Balaban J connectivity index is 2.21. The number of benzene rings is 1. The van der Waals surface area contributed by atoms with Crippen LogP contribution in [0.25, 0.3) is 10.8 Å². The van der Waals surface area contributed by atoms with Gasteiger partial charge in [0.1, 0.15) is 0 Å². The van der Waals surface area contributed by atoms with Crippen molar-refractivity contribution in [2.75, 3.05) is 27.3 Å². The molecule has 1 fully saturated rings. The van der Waals surface area contributed by atoms with E-state index in [4.69, 9.17) is 9.47 Å². The number of ether oxygens (including phenoxy) is 2. The Hall–Kier alpha value is -2.50. The van der Waals surface area contributed by atoms with Gasteiger partial charge in [0.25, 0.3) is 11.5 Å². The van der Waals surface area contributed by atoms with Crippen molar-refractivity contribution in [2.45, 2.75) is 19.3 Å². The van der Waals surface area contributed by atoms with Crippen LogP contribution in [0.4, 0.5) is 0 Å². The third-order valence-electron chi connectivity index (χ3n) is 4.56. The molecule has 2 heterocycles. The number of fused-ring (bicyclic) bond motifs is 1. The molecule has 0 radical (unpaired) electrons. The van der Waals surface area contributed by atoms with E-state index in [0.717, 1.165) is 32.4 Å². The van der Waals surface area contributed by atoms with E-state index < -0.39 is 0 Å². The third kappa shape index (κ3) is 2.72. The van der Waals surface area contributed by atoms with Gasteiger partial charge in [0.15, 0.2) is 11.5 Å². The highest BCUT2D eigenvalue weighted by molar-refractivity contribution is 6.07. The van der Waals surface area contributed by atoms with Crippen LogP contribution in [-0.2, 0) is 7.05 Å². The van der Waals surface area contributed by atoms with Crippen molar-refractivity contribution >= 4 is 16.7 Å². The van der Waals surface area contributed by atoms with E-state index in [2.05, 4.69) is 0 Å². The number of methoxy groups -OCH3 is 2. The van der Waals surface area contributed by atoms with Crippen LogP contribution in [0.2, 0.25) is 0 Å². The van der Waals surface area contributed by atoms with E-state index in [1.54, 1.807) is 25.4 Å². The maximum absolute atomic E-state index is 13.0. The van der Waals surface area contributed by atoms with Gasteiger partial charge in [-0.05, 0) is 31.4 Å². The molecular weight excluding hydrogens is 308 g/mol. The smallest absolute Gasteiger partial charge is 0.258 e. The van der Waals surface area contributed by atoms with Gasteiger partial charge in [-0.2, -0.15) is 0 Å². The SMILES string of the molecule is COc1cc2c(C(=O)N3CCCCC3)cn(C)c(=O)c2cc1OC. The number of piperidine rings is 1. The molecule has 0 atom stereocenters. The van der Waals surface area contributed by atoms with Gasteiger partial charge in [-0.1, -0.05) is 0 Å². The van der Waals surface area contributed by atoms with Gasteiger partial charge in [-0.25, -0.2) is 0 Å². The minimum absolute atomic E-state index is 0.0393. The predicted molar refractivity (Wildman–Crippen MR) is 92.0 cm³/mol. The van der Waals surface area contributed by atoms with E-state index in [-0.39, 0.29) is 11.5 Å². The molecule has 24 heavy (non-hydrogen) atoms. The highest BCUT2D eigenvalue weighted by atomic mass is 16.5. The van der Waals surface area contributed by atoms with E-state index in [1.165, 1.54) is 18.8 Å². The van der Waals surface area contributed by atoms with Crippen LogP contribution in [-0.4, -0.2) is 42.7 Å². The second-order valence-electron chi connectivity index (χ2n) is 6.06. The van der Waals surface area contributed by atoms with Gasteiger partial charge in [-0.3, -0.25) is 9.59 Å². The van der Waals surface area contributed by atoms with Crippen LogP contribution >= 0.6 is 0 Å². The summed E-state index contributed by atoms with van der Waals surface area (Å²) >= 11 is 0. The predicted octanol–water partition coefficient (Wildman–Crippen LogP) is 2.18. The molecule has 0 saturated carbocycles. The number of hydrogen-bond acceptors (Lipinski definition) is 4. The molecule has 1 aromatic heterocycles. The van der Waals surface area contributed by atoms with E-state index in [9.17, 15) is 9.59 Å². The van der Waals surface area contributed by atoms with Gasteiger partial charge in [0.05, 0.1) is 25.2 Å². The average Bonchev–Trinajstić information content (AvgIpc) is 2.63. The fraction of sp³-hybridized carbons (Fsp3) is 0.444. The average molecular weight is 330 g/mol. The minimum atomic E-state index is -0.166. The van der Waals surface area contributed by atoms with Gasteiger partial charge >= 0.3 is 0 Å². The lowest BCUT2D eigenvalue weighted by atomic mass is 10.0. The minimum Gasteiger partial charge on any atom is -0.493 e. The highest BCUT2D eigenvalue weighted by Crippen LogP contribution is 2.32. The summed E-state index contributed by atoms with van der Waals surface area (Å²) in [5.41, 5.74) is 0.358. The Morgan fingerprint density at radius 3 is 2.17 bits per heavy atom. The first-order valence-corrected chi connectivity index (χ1v) is 8.11. The molecular formula is C18H22N2O4. The van der Waals surface area contributed by atoms with Crippen molar-refractivity contribution in [3.8, 4) is 11.5 Å². The summed E-state index contributed by atoms with van der Waals surface area (Å²) in [4.78, 5) is 27.3. The third-order valence-corrected chi connectivity index (χ3v) is 4.56. The number of likely N-dealkylation sites (tertiary alicyclic amines) is 1. The monoisotopic (exact) mass is 330 g/mol. The van der Waals surface area contributed by atoms with Crippen LogP contribution in [0.15, 0.2) is 23.1 Å². The molecule has 0 bridgehead atoms. The fourth-order valence-electron chi connectivity index (χ4n) is 3.23. The Morgan fingerprint density at radius 2 is 1.58 bits per heavy atom. The molecule has 0 N–H and O–H groups in total. The molecule has 6 nitrogen and oxygen atoms in total. The van der Waals surface area contributed by atoms with Crippen LogP contribution in [0.1, 0.15) is 29.6 Å². The van der Waals surface area contributed by atoms with Gasteiger partial charge in [-0.15, -0.1) is 0 Å². The molecule has 0 unspecified atom stereocenters. The van der Waals surface area contributed by atoms with E-state index in [0.29, 0.717) is 27.8 Å². The highest BCUT2D eigenvalue weighted by Gasteiger charge is 2.23. The first kappa shape index (κ1) is 16.4. The van der Waals surface area contributed by atoms with Crippen molar-refractivity contribution < 1.29 is 14.3 Å². The normalized spacial score (nSPS) is 14.7. The van der Waals surface area contributed by atoms with Crippen LogP contribution in [0.3, 0.4) is 0 Å². The summed E-state index contributed by atoms with van der Waals surface area (Å²) in [5, 5.41) is 1.06. The zero-order chi connectivity index (χ0) is 17.3. The number of carbonyl (C=O) groups is 1. The van der Waals surface area contributed by atoms with Gasteiger partial charge in [0.2, 0.25) is 0 Å². The number of nitrogens with zero attached hydrogens (tertiary/aromatic N) is 2. The lowest BCUT2D eigenvalue weighted by molar-refractivity contribution is 0.0725. The Bertz CT molecular complexity index is 835. The van der Waals surface area contributed by atoms with Crippen LogP contribution < -0.4 is 15.0 Å². The lowest BCUT2D eigenvalue weighted by Crippen LogP contribution is -2.36. The number of aryl methyl sites for hydroxylation is 1. The largest absolute Gasteiger partial charge is 0.493 e. The standard InChI is InChI=1S/C18H22N2O4/c1-19-11-14(18(22)20-7-5-4-6-8-20)12-9-15(23-2)16(24-3)10-13(12)17(19)21/h9-11H,4-8H2,1-3H3. The summed E-state index contributed by atoms with van der Waals surface area (Å²) < 4.78 is 12.1. The molecule has 1 amide bonds. The number of hydrogen-bond donors (Lipinski definition) is 0. The maximum atomic E-state index is 13.0. The molecule has 2 aromatic rings. The molecule has 1 aliphatic heterocycles. The summed E-state index contributed by atoms with van der Waals surface area (Å²) in [6.07, 6.45) is 4.81. The van der Waals surface area contributed by atoms with Crippen molar-refractivity contribution in [2.24, 2.45) is 7.05 Å².